The normalized spacial score (nSPS) is 15.2. The molecular formula is C27H25N3O2. The molecule has 0 radical (unpaired) electrons. The number of para-hydroxylation sites is 1. The van der Waals surface area contributed by atoms with E-state index in [2.05, 4.69) is 53.5 Å². The van der Waals surface area contributed by atoms with E-state index in [-0.39, 0.29) is 17.7 Å². The van der Waals surface area contributed by atoms with Crippen molar-refractivity contribution in [3.63, 3.8) is 0 Å². The number of rotatable bonds is 6. The number of benzene rings is 3. The van der Waals surface area contributed by atoms with Crippen molar-refractivity contribution in [1.29, 1.82) is 0 Å². The molecule has 1 amide bonds. The van der Waals surface area contributed by atoms with Crippen LogP contribution in [0.1, 0.15) is 45.7 Å². The van der Waals surface area contributed by atoms with Gasteiger partial charge in [0.25, 0.3) is 5.91 Å². The molecule has 0 saturated carbocycles. The van der Waals surface area contributed by atoms with Gasteiger partial charge in [-0.3, -0.25) is 9.89 Å². The molecule has 3 aromatic carbocycles. The fraction of sp³-hybridized carbons (Fsp3) is 0.185. The summed E-state index contributed by atoms with van der Waals surface area (Å²) < 4.78 is 0. The third kappa shape index (κ3) is 3.46. The van der Waals surface area contributed by atoms with E-state index >= 15 is 0 Å². The van der Waals surface area contributed by atoms with Gasteiger partial charge in [-0.2, -0.15) is 5.10 Å². The number of amides is 1. The molecule has 1 aromatic heterocycles. The van der Waals surface area contributed by atoms with Crippen LogP contribution < -0.4 is 0 Å². The minimum absolute atomic E-state index is 0.0605. The van der Waals surface area contributed by atoms with Gasteiger partial charge >= 0.3 is 0 Å². The Kier molecular flexibility index (Phi) is 5.23. The van der Waals surface area contributed by atoms with Gasteiger partial charge in [0.1, 0.15) is 17.1 Å². The number of fused-ring (bicyclic) bond motifs is 1. The topological polar surface area (TPSA) is 69.2 Å². The van der Waals surface area contributed by atoms with Gasteiger partial charge in [0.2, 0.25) is 0 Å². The van der Waals surface area contributed by atoms with Crippen molar-refractivity contribution in [2.24, 2.45) is 0 Å². The number of carbonyl (C=O) groups excluding carboxylic acids is 1. The molecule has 0 fully saturated rings. The van der Waals surface area contributed by atoms with Crippen molar-refractivity contribution in [2.45, 2.75) is 25.8 Å². The van der Waals surface area contributed by atoms with E-state index in [0.29, 0.717) is 23.5 Å². The van der Waals surface area contributed by atoms with Gasteiger partial charge in [0.15, 0.2) is 0 Å². The summed E-state index contributed by atoms with van der Waals surface area (Å²) in [5, 5.41) is 17.9. The molecule has 0 bridgehead atoms. The van der Waals surface area contributed by atoms with E-state index in [0.717, 1.165) is 24.0 Å². The molecule has 2 N–H and O–H groups in total. The second kappa shape index (κ2) is 8.35. The van der Waals surface area contributed by atoms with Crippen molar-refractivity contribution in [2.75, 3.05) is 6.54 Å². The number of hydrogen-bond donors (Lipinski definition) is 2. The fourth-order valence-electron chi connectivity index (χ4n) is 4.48. The van der Waals surface area contributed by atoms with E-state index in [9.17, 15) is 9.90 Å². The summed E-state index contributed by atoms with van der Waals surface area (Å²) in [6, 6.07) is 25.5. The van der Waals surface area contributed by atoms with Crippen LogP contribution in [0.25, 0.3) is 11.3 Å². The molecule has 2 heterocycles. The van der Waals surface area contributed by atoms with Crippen LogP contribution in [-0.2, 0) is 12.8 Å². The van der Waals surface area contributed by atoms with E-state index in [1.807, 2.05) is 35.2 Å². The van der Waals surface area contributed by atoms with Crippen molar-refractivity contribution in [3.05, 3.63) is 107 Å². The lowest BCUT2D eigenvalue weighted by Gasteiger charge is -2.26. The van der Waals surface area contributed by atoms with Gasteiger partial charge in [-0.15, -0.1) is 0 Å². The third-order valence-electron chi connectivity index (χ3n) is 6.21. The lowest BCUT2D eigenvalue weighted by molar-refractivity contribution is 0.0746. The van der Waals surface area contributed by atoms with Crippen molar-refractivity contribution < 1.29 is 9.90 Å². The first-order chi connectivity index (χ1) is 15.7. The highest BCUT2D eigenvalue weighted by Gasteiger charge is 2.42. The Morgan fingerprint density at radius 3 is 2.38 bits per heavy atom. The van der Waals surface area contributed by atoms with E-state index in [1.165, 1.54) is 11.1 Å². The second-order valence-corrected chi connectivity index (χ2v) is 8.11. The number of aromatic hydroxyl groups is 1. The first-order valence-corrected chi connectivity index (χ1v) is 11.0. The molecule has 0 aliphatic carbocycles. The number of aromatic nitrogens is 2. The summed E-state index contributed by atoms with van der Waals surface area (Å²) in [7, 11) is 0. The Hall–Kier alpha value is -3.86. The van der Waals surface area contributed by atoms with E-state index in [1.54, 1.807) is 12.1 Å². The van der Waals surface area contributed by atoms with Gasteiger partial charge < -0.3 is 10.0 Å². The molecule has 32 heavy (non-hydrogen) atoms. The second-order valence-electron chi connectivity index (χ2n) is 8.11. The molecule has 1 atom stereocenters. The molecule has 0 unspecified atom stereocenters. The van der Waals surface area contributed by atoms with Gasteiger partial charge in [-0.05, 0) is 41.7 Å². The number of aryl methyl sites for hydroxylation is 1. The van der Waals surface area contributed by atoms with Crippen molar-refractivity contribution >= 4 is 5.91 Å². The fourth-order valence-corrected chi connectivity index (χ4v) is 4.48. The molecule has 0 saturated heterocycles. The first kappa shape index (κ1) is 20.1. The highest BCUT2D eigenvalue weighted by molar-refractivity contribution is 6.00. The van der Waals surface area contributed by atoms with Crippen LogP contribution in [0.5, 0.6) is 5.75 Å². The highest BCUT2D eigenvalue weighted by atomic mass is 16.3. The summed E-state index contributed by atoms with van der Waals surface area (Å²) in [6.45, 7) is 2.72. The monoisotopic (exact) mass is 423 g/mol. The summed E-state index contributed by atoms with van der Waals surface area (Å²) in [5.41, 5.74) is 6.06. The molecule has 160 valence electrons. The Bertz CT molecular complexity index is 1250. The lowest BCUT2D eigenvalue weighted by atomic mass is 9.94. The third-order valence-corrected chi connectivity index (χ3v) is 6.21. The van der Waals surface area contributed by atoms with E-state index < -0.39 is 0 Å². The molecule has 5 rings (SSSR count). The molecule has 1 aliphatic rings. The summed E-state index contributed by atoms with van der Waals surface area (Å²) >= 11 is 0. The van der Waals surface area contributed by atoms with Crippen LogP contribution in [0, 0.1) is 0 Å². The summed E-state index contributed by atoms with van der Waals surface area (Å²) in [5.74, 6) is 0.0896. The largest absolute Gasteiger partial charge is 0.507 e. The summed E-state index contributed by atoms with van der Waals surface area (Å²) in [6.07, 6.45) is 1.72. The lowest BCUT2D eigenvalue weighted by Crippen LogP contribution is -2.31. The minimum atomic E-state index is -0.263. The van der Waals surface area contributed by atoms with Gasteiger partial charge in [-0.25, -0.2) is 0 Å². The number of phenolic OH excluding ortho intramolecular Hbond substituents is 1. The van der Waals surface area contributed by atoms with Gasteiger partial charge in [-0.1, -0.05) is 73.7 Å². The van der Waals surface area contributed by atoms with Crippen LogP contribution in [0.15, 0.2) is 78.9 Å². The average molecular weight is 424 g/mol. The van der Waals surface area contributed by atoms with Gasteiger partial charge in [0, 0.05) is 17.7 Å². The smallest absolute Gasteiger partial charge is 0.273 e. The predicted molar refractivity (Wildman–Crippen MR) is 125 cm³/mol. The number of hydrogen-bond acceptors (Lipinski definition) is 3. The maximum absolute atomic E-state index is 13.4. The van der Waals surface area contributed by atoms with Gasteiger partial charge in [0.05, 0.1) is 6.04 Å². The van der Waals surface area contributed by atoms with Crippen LogP contribution >= 0.6 is 0 Å². The summed E-state index contributed by atoms with van der Waals surface area (Å²) in [4.78, 5) is 15.4. The van der Waals surface area contributed by atoms with Crippen LogP contribution in [0.3, 0.4) is 0 Å². The zero-order valence-electron chi connectivity index (χ0n) is 18.0. The molecule has 4 aromatic rings. The Balaban J connectivity index is 1.59. The number of H-pyrrole nitrogens is 1. The SMILES string of the molecule is CCc1ccc([C@H]2c3c(-c4ccccc4O)n[nH]c3C(=O)N2CCc2ccccc2)cc1. The van der Waals surface area contributed by atoms with E-state index in [4.69, 9.17) is 0 Å². The van der Waals surface area contributed by atoms with Crippen LogP contribution in [0.4, 0.5) is 0 Å². The Morgan fingerprint density at radius 1 is 0.938 bits per heavy atom. The standard InChI is InChI=1S/C27H25N3O2/c1-2-18-12-14-20(15-13-18)26-23-24(21-10-6-7-11-22(21)31)28-29-25(23)27(32)30(26)17-16-19-8-4-3-5-9-19/h3-15,26,31H,2,16-17H2,1H3,(H,28,29)/t26-/m0/s1. The molecular weight excluding hydrogens is 398 g/mol. The average Bonchev–Trinajstić information content (AvgIpc) is 3.37. The minimum Gasteiger partial charge on any atom is -0.507 e. The highest BCUT2D eigenvalue weighted by Crippen LogP contribution is 2.44. The number of carbonyl (C=O) groups is 1. The van der Waals surface area contributed by atoms with Crippen LogP contribution in [-0.4, -0.2) is 32.7 Å². The van der Waals surface area contributed by atoms with Crippen LogP contribution in [0.2, 0.25) is 0 Å². The quantitative estimate of drug-likeness (QED) is 0.452. The van der Waals surface area contributed by atoms with Crippen molar-refractivity contribution in [3.8, 4) is 17.0 Å². The number of aromatic amines is 1. The zero-order valence-corrected chi connectivity index (χ0v) is 18.0. The first-order valence-electron chi connectivity index (χ1n) is 11.0. The molecule has 0 spiro atoms. The number of phenols is 1. The maximum Gasteiger partial charge on any atom is 0.273 e. The Labute approximate surface area is 187 Å². The predicted octanol–water partition coefficient (Wildman–Crippen LogP) is 5.13. The molecule has 5 heteroatoms. The number of nitrogens with zero attached hydrogens (tertiary/aromatic N) is 2. The Morgan fingerprint density at radius 2 is 1.66 bits per heavy atom. The number of nitrogens with one attached hydrogen (secondary N) is 1. The molecule has 1 aliphatic heterocycles. The van der Waals surface area contributed by atoms with Crippen molar-refractivity contribution in [1.82, 2.24) is 15.1 Å². The zero-order chi connectivity index (χ0) is 22.1. The maximum atomic E-state index is 13.4. The molecule has 5 nitrogen and oxygen atoms in total.